The predicted octanol–water partition coefficient (Wildman–Crippen LogP) is 1.98. The summed E-state index contributed by atoms with van der Waals surface area (Å²) in [7, 11) is 7.65. The SMILES string of the molecule is COc1ccc(NCCCN(C)C)cc1-c1nn(C)c2nc(N)ncc12. The topological polar surface area (TPSA) is 94.1 Å². The Morgan fingerprint density at radius 1 is 1.31 bits per heavy atom. The molecule has 0 saturated heterocycles. The highest BCUT2D eigenvalue weighted by Crippen LogP contribution is 2.35. The second-order valence-corrected chi connectivity index (χ2v) is 6.44. The third-order valence-electron chi connectivity index (χ3n) is 4.16. The number of benzene rings is 1. The quantitative estimate of drug-likeness (QED) is 0.626. The highest BCUT2D eigenvalue weighted by Gasteiger charge is 2.17. The Kier molecular flexibility index (Phi) is 5.22. The first-order valence-electron chi connectivity index (χ1n) is 8.52. The first-order valence-corrected chi connectivity index (χ1v) is 8.52. The van der Waals surface area contributed by atoms with E-state index in [0.29, 0.717) is 5.65 Å². The Balaban J connectivity index is 1.95. The number of nitrogens with one attached hydrogen (secondary N) is 1. The summed E-state index contributed by atoms with van der Waals surface area (Å²) < 4.78 is 7.25. The number of hydrogen-bond donors (Lipinski definition) is 2. The molecule has 0 radical (unpaired) electrons. The van der Waals surface area contributed by atoms with Crippen molar-refractivity contribution in [2.45, 2.75) is 6.42 Å². The molecule has 0 bridgehead atoms. The Labute approximate surface area is 153 Å². The van der Waals surface area contributed by atoms with E-state index in [1.54, 1.807) is 18.0 Å². The number of ether oxygens (including phenoxy) is 1. The van der Waals surface area contributed by atoms with E-state index in [0.717, 1.165) is 47.6 Å². The number of rotatable bonds is 7. The molecule has 3 N–H and O–H groups in total. The van der Waals surface area contributed by atoms with Gasteiger partial charge in [0, 0.05) is 31.0 Å². The smallest absolute Gasteiger partial charge is 0.222 e. The summed E-state index contributed by atoms with van der Waals surface area (Å²) in [4.78, 5) is 10.6. The van der Waals surface area contributed by atoms with Crippen LogP contribution in [0.15, 0.2) is 24.4 Å². The lowest BCUT2D eigenvalue weighted by Gasteiger charge is -2.13. The molecule has 26 heavy (non-hydrogen) atoms. The van der Waals surface area contributed by atoms with Gasteiger partial charge in [0.15, 0.2) is 5.65 Å². The average Bonchev–Trinajstić information content (AvgIpc) is 2.94. The van der Waals surface area contributed by atoms with E-state index in [9.17, 15) is 0 Å². The van der Waals surface area contributed by atoms with Gasteiger partial charge in [-0.3, -0.25) is 0 Å². The fraction of sp³-hybridized carbons (Fsp3) is 0.389. The van der Waals surface area contributed by atoms with E-state index in [1.165, 1.54) is 0 Å². The van der Waals surface area contributed by atoms with Gasteiger partial charge < -0.3 is 20.7 Å². The highest BCUT2D eigenvalue weighted by atomic mass is 16.5. The van der Waals surface area contributed by atoms with Crippen LogP contribution >= 0.6 is 0 Å². The zero-order valence-corrected chi connectivity index (χ0v) is 15.7. The zero-order valence-electron chi connectivity index (χ0n) is 15.7. The fourth-order valence-corrected chi connectivity index (χ4v) is 2.88. The van der Waals surface area contributed by atoms with Crippen molar-refractivity contribution in [3.05, 3.63) is 24.4 Å². The van der Waals surface area contributed by atoms with Gasteiger partial charge in [-0.15, -0.1) is 0 Å². The van der Waals surface area contributed by atoms with Crippen LogP contribution in [0.5, 0.6) is 5.75 Å². The number of hydrogen-bond acceptors (Lipinski definition) is 7. The normalized spacial score (nSPS) is 11.3. The largest absolute Gasteiger partial charge is 0.496 e. The van der Waals surface area contributed by atoms with Crippen molar-refractivity contribution in [3.63, 3.8) is 0 Å². The Hall–Kier alpha value is -2.87. The monoisotopic (exact) mass is 355 g/mol. The van der Waals surface area contributed by atoms with Crippen molar-refractivity contribution >= 4 is 22.7 Å². The zero-order chi connectivity index (χ0) is 18.7. The molecular formula is C18H25N7O. The highest BCUT2D eigenvalue weighted by molar-refractivity contribution is 5.93. The molecule has 1 aromatic carbocycles. The van der Waals surface area contributed by atoms with E-state index in [-0.39, 0.29) is 5.95 Å². The first-order chi connectivity index (χ1) is 12.5. The number of methoxy groups -OCH3 is 1. The molecule has 0 aliphatic heterocycles. The summed E-state index contributed by atoms with van der Waals surface area (Å²) in [5.74, 6) is 0.982. The summed E-state index contributed by atoms with van der Waals surface area (Å²) in [5, 5.41) is 8.91. The fourth-order valence-electron chi connectivity index (χ4n) is 2.88. The van der Waals surface area contributed by atoms with Crippen LogP contribution in [0.25, 0.3) is 22.3 Å². The molecule has 0 unspecified atom stereocenters. The van der Waals surface area contributed by atoms with E-state index in [2.05, 4.69) is 39.4 Å². The van der Waals surface area contributed by atoms with Crippen molar-refractivity contribution in [3.8, 4) is 17.0 Å². The van der Waals surface area contributed by atoms with Crippen LogP contribution in [0.1, 0.15) is 6.42 Å². The van der Waals surface area contributed by atoms with Crippen LogP contribution < -0.4 is 15.8 Å². The Bertz CT molecular complexity index is 904. The van der Waals surface area contributed by atoms with Crippen LogP contribution in [0.2, 0.25) is 0 Å². The maximum Gasteiger partial charge on any atom is 0.222 e. The van der Waals surface area contributed by atoms with Gasteiger partial charge in [-0.05, 0) is 45.3 Å². The van der Waals surface area contributed by atoms with Gasteiger partial charge >= 0.3 is 0 Å². The lowest BCUT2D eigenvalue weighted by atomic mass is 10.1. The number of nitrogens with two attached hydrogens (primary N) is 1. The van der Waals surface area contributed by atoms with Gasteiger partial charge in [0.05, 0.1) is 12.5 Å². The summed E-state index contributed by atoms with van der Waals surface area (Å²) in [6.07, 6.45) is 2.77. The van der Waals surface area contributed by atoms with Crippen molar-refractivity contribution in [1.82, 2.24) is 24.6 Å². The molecule has 0 spiro atoms. The number of aryl methyl sites for hydroxylation is 1. The molecule has 0 amide bonds. The minimum absolute atomic E-state index is 0.232. The second-order valence-electron chi connectivity index (χ2n) is 6.44. The lowest BCUT2D eigenvalue weighted by molar-refractivity contribution is 0.405. The van der Waals surface area contributed by atoms with E-state index in [1.807, 2.05) is 25.2 Å². The van der Waals surface area contributed by atoms with E-state index < -0.39 is 0 Å². The first kappa shape index (κ1) is 17.9. The van der Waals surface area contributed by atoms with Crippen LogP contribution in [0, 0.1) is 0 Å². The van der Waals surface area contributed by atoms with Crippen molar-refractivity contribution in [2.24, 2.45) is 7.05 Å². The third kappa shape index (κ3) is 3.70. The molecule has 138 valence electrons. The minimum atomic E-state index is 0.232. The molecule has 0 aliphatic carbocycles. The molecule has 0 fully saturated rings. The second kappa shape index (κ2) is 7.57. The Morgan fingerprint density at radius 3 is 2.85 bits per heavy atom. The maximum absolute atomic E-state index is 5.71. The Morgan fingerprint density at radius 2 is 2.12 bits per heavy atom. The summed E-state index contributed by atoms with van der Waals surface area (Å²) in [6, 6.07) is 6.01. The number of nitrogen functional groups attached to an aromatic ring is 1. The number of aromatic nitrogens is 4. The molecule has 3 rings (SSSR count). The molecule has 8 nitrogen and oxygen atoms in total. The van der Waals surface area contributed by atoms with Crippen LogP contribution in [-0.4, -0.2) is 58.9 Å². The van der Waals surface area contributed by atoms with Crippen LogP contribution in [0.3, 0.4) is 0 Å². The minimum Gasteiger partial charge on any atom is -0.496 e. The molecule has 0 atom stereocenters. The molecule has 0 aliphatic rings. The third-order valence-corrected chi connectivity index (χ3v) is 4.16. The van der Waals surface area contributed by atoms with Crippen molar-refractivity contribution < 1.29 is 4.74 Å². The van der Waals surface area contributed by atoms with Gasteiger partial charge in [-0.1, -0.05) is 0 Å². The summed E-state index contributed by atoms with van der Waals surface area (Å²) in [6.45, 7) is 1.94. The van der Waals surface area contributed by atoms with Crippen LogP contribution in [0.4, 0.5) is 11.6 Å². The summed E-state index contributed by atoms with van der Waals surface area (Å²) in [5.41, 5.74) is 9.09. The van der Waals surface area contributed by atoms with E-state index in [4.69, 9.17) is 10.5 Å². The summed E-state index contributed by atoms with van der Waals surface area (Å²) >= 11 is 0. The number of anilines is 2. The van der Waals surface area contributed by atoms with Gasteiger partial charge in [0.1, 0.15) is 11.4 Å². The van der Waals surface area contributed by atoms with Gasteiger partial charge in [0.2, 0.25) is 5.95 Å². The lowest BCUT2D eigenvalue weighted by Crippen LogP contribution is -2.16. The molecule has 8 heteroatoms. The van der Waals surface area contributed by atoms with Crippen molar-refractivity contribution in [1.29, 1.82) is 0 Å². The van der Waals surface area contributed by atoms with Gasteiger partial charge in [-0.25, -0.2) is 9.67 Å². The predicted molar refractivity (Wildman–Crippen MR) is 104 cm³/mol. The average molecular weight is 355 g/mol. The van der Waals surface area contributed by atoms with Gasteiger partial charge in [0.25, 0.3) is 0 Å². The number of fused-ring (bicyclic) bond motifs is 1. The van der Waals surface area contributed by atoms with Gasteiger partial charge in [-0.2, -0.15) is 10.1 Å². The standard InChI is InChI=1S/C18H25N7O/c1-24(2)9-5-8-20-12-6-7-15(26-4)13(10-12)16-14-11-21-18(19)22-17(14)25(3)23-16/h6-7,10-11,20H,5,8-9H2,1-4H3,(H2,19,21,22). The van der Waals surface area contributed by atoms with Crippen molar-refractivity contribution in [2.75, 3.05) is 45.3 Å². The molecule has 0 saturated carbocycles. The van der Waals surface area contributed by atoms with Crippen LogP contribution in [-0.2, 0) is 7.05 Å². The molecule has 2 heterocycles. The number of nitrogens with zero attached hydrogens (tertiary/aromatic N) is 5. The maximum atomic E-state index is 5.71. The molecule has 3 aromatic rings. The molecular weight excluding hydrogens is 330 g/mol. The molecule has 2 aromatic heterocycles. The van der Waals surface area contributed by atoms with E-state index >= 15 is 0 Å².